The maximum Gasteiger partial charge on any atom is 0.234 e. The molecule has 3 aromatic rings. The summed E-state index contributed by atoms with van der Waals surface area (Å²) in [6, 6.07) is 11.6. The third-order valence-corrected chi connectivity index (χ3v) is 7.00. The van der Waals surface area contributed by atoms with Crippen molar-refractivity contribution in [2.24, 2.45) is 0 Å². The van der Waals surface area contributed by atoms with Gasteiger partial charge in [0.2, 0.25) is 5.91 Å². The van der Waals surface area contributed by atoms with Crippen LogP contribution in [0.2, 0.25) is 0 Å². The lowest BCUT2D eigenvalue weighted by Gasteiger charge is -2.16. The Hall–Kier alpha value is -3.24. The van der Waals surface area contributed by atoms with Gasteiger partial charge in [0.1, 0.15) is 11.5 Å². The summed E-state index contributed by atoms with van der Waals surface area (Å²) < 4.78 is 18.6. The molecule has 1 aromatic heterocycles. The number of hydrogen-bond donors (Lipinski definition) is 2. The first-order valence-corrected chi connectivity index (χ1v) is 12.9. The number of aromatic nitrogens is 3. The standard InChI is InChI=1S/C26H33N5O4S/c1-17-7-9-21(18(2)12-17)27-14-24-29-30-26(31(24)15-20-6-5-11-35-20)36-16-25(32)28-22-13-19(33-3)8-10-23(22)34-4/h7-10,12-13,20,27H,5-6,11,14-16H2,1-4H3,(H,28,32)/t20-/m1/s1. The van der Waals surface area contributed by atoms with E-state index < -0.39 is 0 Å². The molecule has 1 atom stereocenters. The van der Waals surface area contributed by atoms with Gasteiger partial charge in [-0.25, -0.2) is 0 Å². The SMILES string of the molecule is COc1ccc(OC)c(NC(=O)CSc2nnc(CNc3ccc(C)cc3C)n2C[C@H]2CCCO2)c1. The third-order valence-electron chi connectivity index (χ3n) is 6.04. The molecule has 1 amide bonds. The Balaban J connectivity index is 1.45. The molecule has 0 saturated carbocycles. The quantitative estimate of drug-likeness (QED) is 0.365. The van der Waals surface area contributed by atoms with Crippen LogP contribution in [0.1, 0.15) is 29.8 Å². The molecule has 9 nitrogen and oxygen atoms in total. The minimum atomic E-state index is -0.173. The number of rotatable bonds is 11. The van der Waals surface area contributed by atoms with Crippen molar-refractivity contribution in [3.63, 3.8) is 0 Å². The van der Waals surface area contributed by atoms with Crippen LogP contribution in [-0.4, -0.2) is 53.4 Å². The van der Waals surface area contributed by atoms with Crippen molar-refractivity contribution < 1.29 is 19.0 Å². The number of thioether (sulfide) groups is 1. The minimum absolute atomic E-state index is 0.120. The normalized spacial score (nSPS) is 15.1. The van der Waals surface area contributed by atoms with Crippen LogP contribution in [0.5, 0.6) is 11.5 Å². The van der Waals surface area contributed by atoms with Gasteiger partial charge in [0.25, 0.3) is 0 Å². The molecule has 0 aliphatic carbocycles. The molecule has 1 aliphatic rings. The lowest BCUT2D eigenvalue weighted by Crippen LogP contribution is -2.20. The van der Waals surface area contributed by atoms with Crippen LogP contribution in [0.25, 0.3) is 0 Å². The molecular formula is C26H33N5O4S. The average Bonchev–Trinajstić information content (AvgIpc) is 3.52. The number of nitrogens with zero attached hydrogens (tertiary/aromatic N) is 3. The number of benzene rings is 2. The second-order valence-electron chi connectivity index (χ2n) is 8.72. The summed E-state index contributed by atoms with van der Waals surface area (Å²) in [7, 11) is 3.14. The summed E-state index contributed by atoms with van der Waals surface area (Å²) in [6.07, 6.45) is 2.17. The van der Waals surface area contributed by atoms with Gasteiger partial charge in [0, 0.05) is 18.4 Å². The van der Waals surface area contributed by atoms with Crippen LogP contribution in [0, 0.1) is 13.8 Å². The van der Waals surface area contributed by atoms with Crippen molar-refractivity contribution in [1.29, 1.82) is 0 Å². The zero-order chi connectivity index (χ0) is 25.5. The number of carbonyl (C=O) groups is 1. The number of aryl methyl sites for hydroxylation is 2. The molecule has 2 N–H and O–H groups in total. The first-order chi connectivity index (χ1) is 17.5. The molecule has 36 heavy (non-hydrogen) atoms. The number of carbonyl (C=O) groups excluding carboxylic acids is 1. The molecule has 1 aliphatic heterocycles. The molecule has 0 radical (unpaired) electrons. The molecule has 10 heteroatoms. The minimum Gasteiger partial charge on any atom is -0.497 e. The highest BCUT2D eigenvalue weighted by Crippen LogP contribution is 2.29. The molecular weight excluding hydrogens is 478 g/mol. The van der Waals surface area contributed by atoms with Gasteiger partial charge < -0.3 is 29.4 Å². The van der Waals surface area contributed by atoms with E-state index in [4.69, 9.17) is 14.2 Å². The Morgan fingerprint density at radius 2 is 2.00 bits per heavy atom. The van der Waals surface area contributed by atoms with Crippen LogP contribution >= 0.6 is 11.8 Å². The van der Waals surface area contributed by atoms with E-state index in [1.165, 1.54) is 22.9 Å². The van der Waals surface area contributed by atoms with E-state index in [1.54, 1.807) is 32.4 Å². The van der Waals surface area contributed by atoms with Gasteiger partial charge in [-0.15, -0.1) is 10.2 Å². The number of ether oxygens (including phenoxy) is 3. The van der Waals surface area contributed by atoms with E-state index in [-0.39, 0.29) is 17.8 Å². The van der Waals surface area contributed by atoms with Crippen molar-refractivity contribution in [2.75, 3.05) is 37.2 Å². The van der Waals surface area contributed by atoms with Crippen molar-refractivity contribution in [2.45, 2.75) is 51.0 Å². The summed E-state index contributed by atoms with van der Waals surface area (Å²) >= 11 is 1.35. The van der Waals surface area contributed by atoms with Gasteiger partial charge in [-0.3, -0.25) is 4.79 Å². The lowest BCUT2D eigenvalue weighted by molar-refractivity contribution is -0.113. The highest BCUT2D eigenvalue weighted by Gasteiger charge is 2.22. The summed E-state index contributed by atoms with van der Waals surface area (Å²) in [5, 5.41) is 15.9. The number of nitrogens with one attached hydrogen (secondary N) is 2. The Morgan fingerprint density at radius 3 is 2.72 bits per heavy atom. The first-order valence-electron chi connectivity index (χ1n) is 12.0. The summed E-state index contributed by atoms with van der Waals surface area (Å²) in [6.45, 7) is 6.13. The van der Waals surface area contributed by atoms with Gasteiger partial charge in [0.15, 0.2) is 11.0 Å². The van der Waals surface area contributed by atoms with E-state index in [0.29, 0.717) is 35.4 Å². The van der Waals surface area contributed by atoms with Crippen molar-refractivity contribution in [3.05, 3.63) is 53.3 Å². The van der Waals surface area contributed by atoms with Gasteiger partial charge >= 0.3 is 0 Å². The highest BCUT2D eigenvalue weighted by atomic mass is 32.2. The Morgan fingerprint density at radius 1 is 1.14 bits per heavy atom. The maximum absolute atomic E-state index is 12.8. The predicted molar refractivity (Wildman–Crippen MR) is 141 cm³/mol. The molecule has 0 spiro atoms. The van der Waals surface area contributed by atoms with Gasteiger partial charge in [-0.05, 0) is 50.5 Å². The van der Waals surface area contributed by atoms with Gasteiger partial charge in [0.05, 0.1) is 44.9 Å². The lowest BCUT2D eigenvalue weighted by atomic mass is 10.1. The first kappa shape index (κ1) is 25.8. The van der Waals surface area contributed by atoms with E-state index in [1.807, 2.05) is 0 Å². The second-order valence-corrected chi connectivity index (χ2v) is 9.66. The molecule has 2 aromatic carbocycles. The zero-order valence-corrected chi connectivity index (χ0v) is 22.0. The monoisotopic (exact) mass is 511 g/mol. The molecule has 1 saturated heterocycles. The summed E-state index contributed by atoms with van der Waals surface area (Å²) in [5.74, 6) is 2.01. The van der Waals surface area contributed by atoms with Crippen molar-refractivity contribution in [1.82, 2.24) is 14.8 Å². The van der Waals surface area contributed by atoms with E-state index >= 15 is 0 Å². The molecule has 0 bridgehead atoms. The number of amides is 1. The van der Waals surface area contributed by atoms with E-state index in [9.17, 15) is 4.79 Å². The van der Waals surface area contributed by atoms with Crippen LogP contribution in [0.4, 0.5) is 11.4 Å². The summed E-state index contributed by atoms with van der Waals surface area (Å²) in [4.78, 5) is 12.8. The third kappa shape index (κ3) is 6.50. The Labute approximate surface area is 215 Å². The fraction of sp³-hybridized carbons (Fsp3) is 0.423. The zero-order valence-electron chi connectivity index (χ0n) is 21.2. The fourth-order valence-corrected chi connectivity index (χ4v) is 4.91. The van der Waals surface area contributed by atoms with E-state index in [2.05, 4.69) is 57.4 Å². The number of methoxy groups -OCH3 is 2. The van der Waals surface area contributed by atoms with Crippen LogP contribution < -0.4 is 20.1 Å². The molecule has 2 heterocycles. The average molecular weight is 512 g/mol. The van der Waals surface area contributed by atoms with Crippen LogP contribution in [0.15, 0.2) is 41.6 Å². The molecule has 4 rings (SSSR count). The second kappa shape index (κ2) is 12.1. The Kier molecular flexibility index (Phi) is 8.71. The highest BCUT2D eigenvalue weighted by molar-refractivity contribution is 7.99. The Bertz CT molecular complexity index is 1190. The predicted octanol–water partition coefficient (Wildman–Crippen LogP) is 4.43. The molecule has 0 unspecified atom stereocenters. The van der Waals surface area contributed by atoms with Gasteiger partial charge in [-0.2, -0.15) is 0 Å². The number of anilines is 2. The molecule has 192 valence electrons. The van der Waals surface area contributed by atoms with Crippen molar-refractivity contribution >= 4 is 29.0 Å². The summed E-state index contributed by atoms with van der Waals surface area (Å²) in [5.41, 5.74) is 4.03. The smallest absolute Gasteiger partial charge is 0.234 e. The topological polar surface area (TPSA) is 99.5 Å². The molecule has 1 fully saturated rings. The number of hydrogen-bond acceptors (Lipinski definition) is 8. The van der Waals surface area contributed by atoms with Crippen LogP contribution in [-0.2, 0) is 22.6 Å². The van der Waals surface area contributed by atoms with Crippen molar-refractivity contribution in [3.8, 4) is 11.5 Å². The fourth-order valence-electron chi connectivity index (χ4n) is 4.15. The van der Waals surface area contributed by atoms with E-state index in [0.717, 1.165) is 31.0 Å². The maximum atomic E-state index is 12.8. The largest absolute Gasteiger partial charge is 0.497 e. The van der Waals surface area contributed by atoms with Gasteiger partial charge in [-0.1, -0.05) is 29.5 Å². The van der Waals surface area contributed by atoms with Crippen LogP contribution in [0.3, 0.4) is 0 Å².